The number of carbonyl (C=O) groups excluding carboxylic acids is 2. The number of amides is 2. The fourth-order valence-corrected chi connectivity index (χ4v) is 2.69. The average molecular weight is 282 g/mol. The highest BCUT2D eigenvalue weighted by atomic mass is 32.1. The van der Waals surface area contributed by atoms with Gasteiger partial charge in [-0.15, -0.1) is 10.2 Å². The molecule has 0 bridgehead atoms. The molecule has 1 fully saturated rings. The van der Waals surface area contributed by atoms with Gasteiger partial charge >= 0.3 is 0 Å². The van der Waals surface area contributed by atoms with Crippen LogP contribution >= 0.6 is 11.3 Å². The van der Waals surface area contributed by atoms with E-state index in [0.29, 0.717) is 5.01 Å². The number of carbonyl (C=O) groups is 2. The monoisotopic (exact) mass is 282 g/mol. The van der Waals surface area contributed by atoms with E-state index in [1.807, 2.05) is 0 Å². The van der Waals surface area contributed by atoms with Gasteiger partial charge in [-0.2, -0.15) is 0 Å². The highest BCUT2D eigenvalue weighted by molar-refractivity contribution is 7.15. The van der Waals surface area contributed by atoms with E-state index in [0.717, 1.165) is 18.1 Å². The molecule has 2 heterocycles. The van der Waals surface area contributed by atoms with Gasteiger partial charge in [0.15, 0.2) is 0 Å². The van der Waals surface area contributed by atoms with E-state index in [1.54, 1.807) is 13.8 Å². The fraction of sp³-hybridized carbons (Fsp3) is 0.667. The minimum Gasteiger partial charge on any atom is -0.360 e. The number of anilines is 1. The van der Waals surface area contributed by atoms with Gasteiger partial charge in [0.2, 0.25) is 16.9 Å². The Kier molecular flexibility index (Phi) is 4.14. The van der Waals surface area contributed by atoms with Crippen molar-refractivity contribution in [3.63, 3.8) is 0 Å². The summed E-state index contributed by atoms with van der Waals surface area (Å²) in [5.74, 6) is -0.706. The number of imide groups is 1. The van der Waals surface area contributed by atoms with Gasteiger partial charge < -0.3 is 5.32 Å². The Balaban J connectivity index is 2.03. The first-order valence-corrected chi connectivity index (χ1v) is 7.27. The summed E-state index contributed by atoms with van der Waals surface area (Å²) in [5, 5.41) is 12.6. The molecule has 104 valence electrons. The van der Waals surface area contributed by atoms with Crippen molar-refractivity contribution in [3.8, 4) is 0 Å². The summed E-state index contributed by atoms with van der Waals surface area (Å²) < 4.78 is 0. The quantitative estimate of drug-likeness (QED) is 0.828. The Morgan fingerprint density at radius 1 is 1.21 bits per heavy atom. The Hall–Kier alpha value is -1.50. The summed E-state index contributed by atoms with van der Waals surface area (Å²) in [6, 6.07) is 0. The third-order valence-electron chi connectivity index (χ3n) is 3.35. The largest absolute Gasteiger partial charge is 0.360 e. The van der Waals surface area contributed by atoms with Crippen molar-refractivity contribution in [3.05, 3.63) is 5.01 Å². The number of likely N-dealkylation sites (tertiary alicyclic amines) is 1. The van der Waals surface area contributed by atoms with Crippen LogP contribution in [-0.4, -0.2) is 33.5 Å². The zero-order chi connectivity index (χ0) is 14.0. The summed E-state index contributed by atoms with van der Waals surface area (Å²) in [5.41, 5.74) is 0. The molecule has 0 aromatic carbocycles. The molecule has 6 nitrogen and oxygen atoms in total. The van der Waals surface area contributed by atoms with Crippen molar-refractivity contribution < 1.29 is 9.59 Å². The van der Waals surface area contributed by atoms with E-state index < -0.39 is 0 Å². The van der Waals surface area contributed by atoms with Crippen LogP contribution in [-0.2, 0) is 16.1 Å². The Bertz CT molecular complexity index is 468. The molecule has 19 heavy (non-hydrogen) atoms. The number of rotatable bonds is 5. The van der Waals surface area contributed by atoms with Crippen molar-refractivity contribution in [2.45, 2.75) is 33.7 Å². The standard InChI is InChI=1S/C12H18N4O2S/c1-4-5-13-12-15-14-9(19-12)6-16-10(17)7(2)8(3)11(16)18/h7-8H,4-6H2,1-3H3,(H,13,15). The van der Waals surface area contributed by atoms with Gasteiger partial charge in [-0.3, -0.25) is 14.5 Å². The van der Waals surface area contributed by atoms with Crippen LogP contribution in [0.15, 0.2) is 0 Å². The molecule has 2 unspecified atom stereocenters. The molecule has 1 aromatic rings. The predicted molar refractivity (Wildman–Crippen MR) is 72.6 cm³/mol. The molecule has 1 N–H and O–H groups in total. The normalized spacial score (nSPS) is 23.2. The van der Waals surface area contributed by atoms with Crippen LogP contribution in [0.3, 0.4) is 0 Å². The minimum atomic E-state index is -0.238. The fourth-order valence-electron chi connectivity index (χ4n) is 1.94. The van der Waals surface area contributed by atoms with Gasteiger partial charge in [-0.05, 0) is 6.42 Å². The van der Waals surface area contributed by atoms with Crippen molar-refractivity contribution in [1.29, 1.82) is 0 Å². The van der Waals surface area contributed by atoms with Gasteiger partial charge in [0.05, 0.1) is 6.54 Å². The Morgan fingerprint density at radius 3 is 2.42 bits per heavy atom. The van der Waals surface area contributed by atoms with E-state index in [4.69, 9.17) is 0 Å². The smallest absolute Gasteiger partial charge is 0.233 e. The van der Waals surface area contributed by atoms with Crippen LogP contribution in [0.1, 0.15) is 32.2 Å². The van der Waals surface area contributed by atoms with Gasteiger partial charge in [0, 0.05) is 18.4 Å². The second kappa shape index (κ2) is 5.64. The predicted octanol–water partition coefficient (Wildman–Crippen LogP) is 1.50. The number of nitrogens with one attached hydrogen (secondary N) is 1. The molecular formula is C12H18N4O2S. The van der Waals surface area contributed by atoms with E-state index in [-0.39, 0.29) is 30.2 Å². The number of aromatic nitrogens is 2. The molecule has 7 heteroatoms. The maximum Gasteiger partial charge on any atom is 0.233 e. The summed E-state index contributed by atoms with van der Waals surface area (Å²) >= 11 is 1.39. The first-order valence-electron chi connectivity index (χ1n) is 6.46. The molecule has 2 rings (SSSR count). The first kappa shape index (κ1) is 13.9. The average Bonchev–Trinajstić information content (AvgIpc) is 2.92. The van der Waals surface area contributed by atoms with Crippen LogP contribution in [0.2, 0.25) is 0 Å². The van der Waals surface area contributed by atoms with Crippen LogP contribution in [0, 0.1) is 11.8 Å². The zero-order valence-corrected chi connectivity index (χ0v) is 12.2. The molecule has 0 spiro atoms. The second-order valence-corrected chi connectivity index (χ2v) is 5.83. The molecule has 1 saturated heterocycles. The lowest BCUT2D eigenvalue weighted by Gasteiger charge is -2.11. The third kappa shape index (κ3) is 2.75. The van der Waals surface area contributed by atoms with Crippen molar-refractivity contribution in [1.82, 2.24) is 15.1 Å². The van der Waals surface area contributed by atoms with Crippen molar-refractivity contribution in [2.75, 3.05) is 11.9 Å². The second-order valence-electron chi connectivity index (χ2n) is 4.77. The maximum atomic E-state index is 12.0. The summed E-state index contributed by atoms with van der Waals surface area (Å²) in [4.78, 5) is 25.2. The molecule has 1 aliphatic heterocycles. The first-order chi connectivity index (χ1) is 9.04. The lowest BCUT2D eigenvalue weighted by atomic mass is 10.00. The Labute approximate surface area is 116 Å². The van der Waals surface area contributed by atoms with Crippen molar-refractivity contribution >= 4 is 28.3 Å². The molecule has 0 saturated carbocycles. The summed E-state index contributed by atoms with van der Waals surface area (Å²) in [7, 11) is 0. The molecular weight excluding hydrogens is 264 g/mol. The summed E-state index contributed by atoms with van der Waals surface area (Å²) in [6.45, 7) is 6.72. The van der Waals surface area contributed by atoms with E-state index >= 15 is 0 Å². The van der Waals surface area contributed by atoms with E-state index in [1.165, 1.54) is 16.2 Å². The maximum absolute atomic E-state index is 12.0. The topological polar surface area (TPSA) is 75.2 Å². The highest BCUT2D eigenvalue weighted by Crippen LogP contribution is 2.28. The van der Waals surface area contributed by atoms with Crippen molar-refractivity contribution in [2.24, 2.45) is 11.8 Å². The van der Waals surface area contributed by atoms with Crippen LogP contribution < -0.4 is 5.32 Å². The molecule has 2 atom stereocenters. The van der Waals surface area contributed by atoms with Gasteiger partial charge in [0.25, 0.3) is 0 Å². The molecule has 0 radical (unpaired) electrons. The van der Waals surface area contributed by atoms with Gasteiger partial charge in [-0.1, -0.05) is 32.1 Å². The molecule has 1 aromatic heterocycles. The molecule has 1 aliphatic rings. The number of hydrogen-bond acceptors (Lipinski definition) is 6. The number of nitrogens with zero attached hydrogens (tertiary/aromatic N) is 3. The van der Waals surface area contributed by atoms with Crippen LogP contribution in [0.25, 0.3) is 0 Å². The molecule has 0 aliphatic carbocycles. The minimum absolute atomic E-state index is 0.115. The Morgan fingerprint density at radius 2 is 1.84 bits per heavy atom. The van der Waals surface area contributed by atoms with Crippen LogP contribution in [0.5, 0.6) is 0 Å². The lowest BCUT2D eigenvalue weighted by molar-refractivity contribution is -0.140. The van der Waals surface area contributed by atoms with Gasteiger partial charge in [0.1, 0.15) is 5.01 Å². The van der Waals surface area contributed by atoms with E-state index in [9.17, 15) is 9.59 Å². The SMILES string of the molecule is CCCNc1nnc(CN2C(=O)C(C)C(C)C2=O)s1. The highest BCUT2D eigenvalue weighted by Gasteiger charge is 2.42. The summed E-state index contributed by atoms with van der Waals surface area (Å²) in [6.07, 6.45) is 1.01. The van der Waals surface area contributed by atoms with Gasteiger partial charge in [-0.25, -0.2) is 0 Å². The van der Waals surface area contributed by atoms with E-state index in [2.05, 4.69) is 22.4 Å². The van der Waals surface area contributed by atoms with Crippen LogP contribution in [0.4, 0.5) is 5.13 Å². The number of hydrogen-bond donors (Lipinski definition) is 1. The lowest BCUT2D eigenvalue weighted by Crippen LogP contribution is -2.30. The zero-order valence-electron chi connectivity index (χ0n) is 11.3. The third-order valence-corrected chi connectivity index (χ3v) is 4.21. The molecule has 2 amide bonds.